The zero-order valence-electron chi connectivity index (χ0n) is 14.1. The van der Waals surface area contributed by atoms with Gasteiger partial charge in [-0.3, -0.25) is 14.5 Å². The minimum atomic E-state index is -4.00. The summed E-state index contributed by atoms with van der Waals surface area (Å²) in [6, 6.07) is 3.72. The molecule has 1 fully saturated rings. The molecule has 2 N–H and O–H groups in total. The largest absolute Gasteiger partial charge is 0.451 e. The van der Waals surface area contributed by atoms with Crippen LogP contribution in [0.4, 0.5) is 4.79 Å². The van der Waals surface area contributed by atoms with Gasteiger partial charge in [-0.1, -0.05) is 17.7 Å². The molecule has 142 valence electrons. The summed E-state index contributed by atoms with van der Waals surface area (Å²) in [6.07, 6.45) is -1.23. The number of urea groups is 1. The van der Waals surface area contributed by atoms with E-state index in [1.807, 2.05) is 0 Å². The Morgan fingerprint density at radius 1 is 1.35 bits per heavy atom. The second-order valence-corrected chi connectivity index (χ2v) is 7.75. The van der Waals surface area contributed by atoms with Crippen LogP contribution < -0.4 is 10.0 Å². The van der Waals surface area contributed by atoms with Crippen molar-refractivity contribution in [1.29, 1.82) is 0 Å². The van der Waals surface area contributed by atoms with Gasteiger partial charge >= 0.3 is 12.0 Å². The predicted octanol–water partition coefficient (Wildman–Crippen LogP) is 0.490. The summed E-state index contributed by atoms with van der Waals surface area (Å²) in [5.41, 5.74) is 0. The van der Waals surface area contributed by atoms with Gasteiger partial charge in [0.25, 0.3) is 5.91 Å². The number of sulfonamides is 1. The normalized spacial score (nSPS) is 16.7. The van der Waals surface area contributed by atoms with Gasteiger partial charge in [-0.15, -0.1) is 0 Å². The van der Waals surface area contributed by atoms with Gasteiger partial charge in [-0.25, -0.2) is 13.2 Å². The molecule has 9 nitrogen and oxygen atoms in total. The van der Waals surface area contributed by atoms with E-state index >= 15 is 0 Å². The molecule has 1 aliphatic heterocycles. The smallest absolute Gasteiger partial charge is 0.324 e. The van der Waals surface area contributed by atoms with Crippen molar-refractivity contribution in [3.8, 4) is 0 Å². The summed E-state index contributed by atoms with van der Waals surface area (Å²) in [7, 11) is -4.00. The average Bonchev–Trinajstić information content (AvgIpc) is 2.99. The van der Waals surface area contributed by atoms with Crippen LogP contribution in [0.2, 0.25) is 5.02 Å². The first kappa shape index (κ1) is 20.1. The molecule has 2 atom stereocenters. The molecule has 0 radical (unpaired) electrons. The molecule has 26 heavy (non-hydrogen) atoms. The standard InChI is InChI=1S/C15H18ClN3O6S/c1-9(18-26(23,24)12-5-3-4-11(16)8-12)14(21)25-10(2)13(20)19-7-6-17-15(19)22/h3-5,8-10,18H,6-7H2,1-2H3,(H,17,22)/t9-,10+/m0/s1. The highest BCUT2D eigenvalue weighted by Crippen LogP contribution is 2.16. The highest BCUT2D eigenvalue weighted by Gasteiger charge is 2.33. The van der Waals surface area contributed by atoms with E-state index in [0.29, 0.717) is 6.54 Å². The number of benzene rings is 1. The highest BCUT2D eigenvalue weighted by molar-refractivity contribution is 7.89. The first-order valence-electron chi connectivity index (χ1n) is 7.69. The van der Waals surface area contributed by atoms with Crippen LogP contribution in [-0.2, 0) is 24.3 Å². The van der Waals surface area contributed by atoms with Gasteiger partial charge in [0.1, 0.15) is 6.04 Å². The summed E-state index contributed by atoms with van der Waals surface area (Å²) in [5.74, 6) is -1.63. The maximum atomic E-state index is 12.3. The summed E-state index contributed by atoms with van der Waals surface area (Å²) >= 11 is 5.77. The summed E-state index contributed by atoms with van der Waals surface area (Å²) in [4.78, 5) is 36.5. The Hall–Kier alpha value is -2.17. The third-order valence-corrected chi connectivity index (χ3v) is 5.33. The van der Waals surface area contributed by atoms with Crippen molar-refractivity contribution in [2.75, 3.05) is 13.1 Å². The number of hydrogen-bond donors (Lipinski definition) is 2. The third kappa shape index (κ3) is 4.71. The summed E-state index contributed by atoms with van der Waals surface area (Å²) < 4.78 is 31.7. The zero-order chi connectivity index (χ0) is 19.5. The predicted molar refractivity (Wildman–Crippen MR) is 91.9 cm³/mol. The topological polar surface area (TPSA) is 122 Å². The van der Waals surface area contributed by atoms with Crippen LogP contribution in [0.25, 0.3) is 0 Å². The van der Waals surface area contributed by atoms with Crippen LogP contribution in [0.3, 0.4) is 0 Å². The molecule has 1 heterocycles. The lowest BCUT2D eigenvalue weighted by Crippen LogP contribution is -2.45. The lowest BCUT2D eigenvalue weighted by molar-refractivity contribution is -0.158. The Morgan fingerprint density at radius 3 is 2.62 bits per heavy atom. The Bertz CT molecular complexity index is 828. The van der Waals surface area contributed by atoms with E-state index in [2.05, 4.69) is 10.0 Å². The fraction of sp³-hybridized carbons (Fsp3) is 0.400. The number of ether oxygens (including phenoxy) is 1. The summed E-state index contributed by atoms with van der Waals surface area (Å²) in [5, 5.41) is 2.69. The molecular weight excluding hydrogens is 386 g/mol. The van der Waals surface area contributed by atoms with Crippen LogP contribution in [0.5, 0.6) is 0 Å². The number of hydrogen-bond acceptors (Lipinski definition) is 6. The number of halogens is 1. The maximum Gasteiger partial charge on any atom is 0.324 e. The van der Waals surface area contributed by atoms with Gasteiger partial charge in [0.15, 0.2) is 6.10 Å². The molecule has 1 aromatic rings. The molecule has 1 aliphatic rings. The molecule has 11 heteroatoms. The Balaban J connectivity index is 1.98. The molecule has 0 unspecified atom stereocenters. The van der Waals surface area contributed by atoms with Gasteiger partial charge in [0.05, 0.1) is 4.90 Å². The van der Waals surface area contributed by atoms with Gasteiger partial charge in [-0.2, -0.15) is 4.72 Å². The molecule has 2 rings (SSSR count). The van der Waals surface area contributed by atoms with Crippen molar-refractivity contribution in [2.24, 2.45) is 0 Å². The van der Waals surface area contributed by atoms with Crippen LogP contribution in [0.1, 0.15) is 13.8 Å². The third-order valence-electron chi connectivity index (χ3n) is 3.56. The van der Waals surface area contributed by atoms with Gasteiger partial charge in [0.2, 0.25) is 10.0 Å². The molecule has 0 aliphatic carbocycles. The number of amides is 3. The van der Waals surface area contributed by atoms with Gasteiger partial charge in [-0.05, 0) is 32.0 Å². The van der Waals surface area contributed by atoms with Crippen LogP contribution >= 0.6 is 11.6 Å². The molecule has 0 bridgehead atoms. The molecule has 0 aromatic heterocycles. The van der Waals surface area contributed by atoms with Crippen LogP contribution in [0, 0.1) is 0 Å². The lowest BCUT2D eigenvalue weighted by Gasteiger charge is -2.20. The Kier molecular flexibility index (Phi) is 6.21. The first-order valence-corrected chi connectivity index (χ1v) is 9.55. The number of nitrogens with one attached hydrogen (secondary N) is 2. The van der Waals surface area contributed by atoms with E-state index in [1.54, 1.807) is 0 Å². The number of carbonyl (C=O) groups excluding carboxylic acids is 3. The maximum absolute atomic E-state index is 12.3. The molecule has 3 amide bonds. The van der Waals surface area contributed by atoms with E-state index in [0.717, 1.165) is 4.90 Å². The molecule has 0 saturated carbocycles. The van der Waals surface area contributed by atoms with Gasteiger partial charge < -0.3 is 10.1 Å². The number of carbonyl (C=O) groups is 3. The van der Waals surface area contributed by atoms with Crippen molar-refractivity contribution in [2.45, 2.75) is 30.9 Å². The van der Waals surface area contributed by atoms with E-state index in [1.165, 1.54) is 38.1 Å². The van der Waals surface area contributed by atoms with Crippen molar-refractivity contribution in [1.82, 2.24) is 14.9 Å². The minimum absolute atomic E-state index is 0.109. The van der Waals surface area contributed by atoms with Crippen molar-refractivity contribution in [3.63, 3.8) is 0 Å². The number of rotatable bonds is 6. The molecule has 1 saturated heterocycles. The van der Waals surface area contributed by atoms with E-state index in [9.17, 15) is 22.8 Å². The lowest BCUT2D eigenvalue weighted by atomic mass is 10.3. The van der Waals surface area contributed by atoms with E-state index in [4.69, 9.17) is 16.3 Å². The minimum Gasteiger partial charge on any atom is -0.451 e. The van der Waals surface area contributed by atoms with Crippen LogP contribution in [-0.4, -0.2) is 56.5 Å². The first-order chi connectivity index (χ1) is 12.1. The Morgan fingerprint density at radius 2 is 2.04 bits per heavy atom. The van der Waals surface area contributed by atoms with Crippen molar-refractivity contribution >= 4 is 39.5 Å². The summed E-state index contributed by atoms with van der Waals surface area (Å²) in [6.45, 7) is 3.09. The quantitative estimate of drug-likeness (QED) is 0.666. The highest BCUT2D eigenvalue weighted by atomic mass is 35.5. The van der Waals surface area contributed by atoms with Crippen molar-refractivity contribution < 1.29 is 27.5 Å². The molecular formula is C15H18ClN3O6S. The SMILES string of the molecule is C[C@H](NS(=O)(=O)c1cccc(Cl)c1)C(=O)O[C@H](C)C(=O)N1CCNC1=O. The van der Waals surface area contributed by atoms with Crippen molar-refractivity contribution in [3.05, 3.63) is 29.3 Å². The van der Waals surface area contributed by atoms with E-state index < -0.39 is 40.1 Å². The Labute approximate surface area is 155 Å². The molecule has 0 spiro atoms. The second-order valence-electron chi connectivity index (χ2n) is 5.60. The van der Waals surface area contributed by atoms with Gasteiger partial charge in [0, 0.05) is 18.1 Å². The second kappa shape index (κ2) is 8.02. The number of imide groups is 1. The fourth-order valence-electron chi connectivity index (χ4n) is 2.21. The molecule has 1 aromatic carbocycles. The van der Waals surface area contributed by atoms with E-state index in [-0.39, 0.29) is 16.5 Å². The average molecular weight is 404 g/mol. The number of esters is 1. The monoisotopic (exact) mass is 403 g/mol. The van der Waals surface area contributed by atoms with Crippen LogP contribution in [0.15, 0.2) is 29.2 Å². The number of nitrogens with zero attached hydrogens (tertiary/aromatic N) is 1. The zero-order valence-corrected chi connectivity index (χ0v) is 15.6. The fourth-order valence-corrected chi connectivity index (χ4v) is 3.70.